The van der Waals surface area contributed by atoms with Crippen molar-refractivity contribution in [3.63, 3.8) is 0 Å². The van der Waals surface area contributed by atoms with E-state index in [4.69, 9.17) is 9.47 Å². The predicted molar refractivity (Wildman–Crippen MR) is 91.9 cm³/mol. The van der Waals surface area contributed by atoms with E-state index >= 15 is 0 Å². The molecule has 25 heavy (non-hydrogen) atoms. The van der Waals surface area contributed by atoms with Gasteiger partial charge in [-0.05, 0) is 31.2 Å². The van der Waals surface area contributed by atoms with Crippen molar-refractivity contribution < 1.29 is 19.2 Å². The van der Waals surface area contributed by atoms with Gasteiger partial charge >= 0.3 is 0 Å². The van der Waals surface area contributed by atoms with E-state index in [0.29, 0.717) is 17.9 Å². The molecule has 130 valence electrons. The van der Waals surface area contributed by atoms with E-state index in [2.05, 4.69) is 10.5 Å². The lowest BCUT2D eigenvalue weighted by molar-refractivity contribution is -0.384. The number of hydrogen-bond donors (Lipinski definition) is 1. The zero-order valence-corrected chi connectivity index (χ0v) is 13.5. The number of hydrazone groups is 1. The van der Waals surface area contributed by atoms with Crippen molar-refractivity contribution in [1.29, 1.82) is 0 Å². The molecule has 0 unspecified atom stereocenters. The highest BCUT2D eigenvalue weighted by Crippen LogP contribution is 2.17. The van der Waals surface area contributed by atoms with Gasteiger partial charge in [0.2, 0.25) is 0 Å². The van der Waals surface area contributed by atoms with Crippen LogP contribution >= 0.6 is 0 Å². The van der Waals surface area contributed by atoms with E-state index in [1.54, 1.807) is 30.3 Å². The molecule has 1 amide bonds. The molecule has 8 heteroatoms. The lowest BCUT2D eigenvalue weighted by Crippen LogP contribution is -2.24. The fourth-order valence-electron chi connectivity index (χ4n) is 1.88. The van der Waals surface area contributed by atoms with Crippen molar-refractivity contribution in [1.82, 2.24) is 5.43 Å². The molecular formula is C17H17N3O5. The number of nitrogens with one attached hydrogen (secondary N) is 1. The number of nitrogens with zero attached hydrogens (tertiary/aromatic N) is 2. The number of nitro benzene ring substituents is 1. The molecule has 0 spiro atoms. The lowest BCUT2D eigenvalue weighted by Gasteiger charge is -2.06. The van der Waals surface area contributed by atoms with Crippen LogP contribution in [0.4, 0.5) is 5.69 Å². The van der Waals surface area contributed by atoms with Crippen LogP contribution in [0.5, 0.6) is 11.5 Å². The first-order valence-electron chi connectivity index (χ1n) is 7.50. The summed E-state index contributed by atoms with van der Waals surface area (Å²) >= 11 is 0. The first-order chi connectivity index (χ1) is 12.1. The summed E-state index contributed by atoms with van der Waals surface area (Å²) in [5, 5.41) is 14.4. The van der Waals surface area contributed by atoms with Gasteiger partial charge in [0.05, 0.1) is 17.7 Å². The van der Waals surface area contributed by atoms with Crippen LogP contribution in [-0.2, 0) is 4.79 Å². The Morgan fingerprint density at radius 2 is 1.88 bits per heavy atom. The summed E-state index contributed by atoms with van der Waals surface area (Å²) in [6.45, 7) is 2.26. The SMILES string of the molecule is CCOc1ccc(OCC(=O)N/N=C\c2cccc([N+](=O)[O-])c2)cc1. The van der Waals surface area contributed by atoms with Crippen molar-refractivity contribution in [2.45, 2.75) is 6.92 Å². The fraction of sp³-hybridized carbons (Fsp3) is 0.176. The van der Waals surface area contributed by atoms with Gasteiger partial charge < -0.3 is 9.47 Å². The number of hydrogen-bond acceptors (Lipinski definition) is 6. The Bertz CT molecular complexity index is 759. The predicted octanol–water partition coefficient (Wildman–Crippen LogP) is 2.52. The Morgan fingerprint density at radius 3 is 2.52 bits per heavy atom. The molecule has 2 aromatic carbocycles. The summed E-state index contributed by atoms with van der Waals surface area (Å²) in [6.07, 6.45) is 1.32. The molecule has 2 aromatic rings. The van der Waals surface area contributed by atoms with Crippen LogP contribution < -0.4 is 14.9 Å². The maximum Gasteiger partial charge on any atom is 0.277 e. The van der Waals surface area contributed by atoms with Gasteiger partial charge in [-0.3, -0.25) is 14.9 Å². The van der Waals surface area contributed by atoms with E-state index in [1.165, 1.54) is 24.4 Å². The molecule has 0 aliphatic rings. The second kappa shape index (κ2) is 9.02. The van der Waals surface area contributed by atoms with E-state index in [1.807, 2.05) is 6.92 Å². The molecule has 0 atom stereocenters. The normalized spacial score (nSPS) is 10.4. The number of non-ortho nitro benzene ring substituents is 1. The van der Waals surface area contributed by atoms with Crippen LogP contribution in [0.2, 0.25) is 0 Å². The average molecular weight is 343 g/mol. The second-order valence-corrected chi connectivity index (χ2v) is 4.84. The fourth-order valence-corrected chi connectivity index (χ4v) is 1.88. The van der Waals surface area contributed by atoms with Crippen LogP contribution in [-0.4, -0.2) is 30.3 Å². The summed E-state index contributed by atoms with van der Waals surface area (Å²) in [5.74, 6) is 0.803. The Labute approximate surface area is 144 Å². The maximum absolute atomic E-state index is 11.7. The lowest BCUT2D eigenvalue weighted by atomic mass is 10.2. The average Bonchev–Trinajstić information content (AvgIpc) is 2.61. The molecule has 0 bridgehead atoms. The second-order valence-electron chi connectivity index (χ2n) is 4.84. The minimum Gasteiger partial charge on any atom is -0.494 e. The molecule has 8 nitrogen and oxygen atoms in total. The van der Waals surface area contributed by atoms with Gasteiger partial charge in [-0.25, -0.2) is 5.43 Å². The summed E-state index contributed by atoms with van der Waals surface area (Å²) in [5.41, 5.74) is 2.75. The van der Waals surface area contributed by atoms with Crippen LogP contribution in [0.15, 0.2) is 53.6 Å². The molecule has 0 aromatic heterocycles. The highest BCUT2D eigenvalue weighted by molar-refractivity contribution is 5.83. The number of carbonyl (C=O) groups excluding carboxylic acids is 1. The number of rotatable bonds is 8. The number of amides is 1. The number of carbonyl (C=O) groups is 1. The summed E-state index contributed by atoms with van der Waals surface area (Å²) in [4.78, 5) is 21.8. The maximum atomic E-state index is 11.7. The zero-order valence-electron chi connectivity index (χ0n) is 13.5. The molecule has 0 heterocycles. The van der Waals surface area contributed by atoms with Gasteiger partial charge in [-0.1, -0.05) is 12.1 Å². The van der Waals surface area contributed by atoms with Crippen LogP contribution in [0, 0.1) is 10.1 Å². The zero-order chi connectivity index (χ0) is 18.1. The van der Waals surface area contributed by atoms with E-state index < -0.39 is 10.8 Å². The molecule has 0 saturated carbocycles. The van der Waals surface area contributed by atoms with Crippen molar-refractivity contribution in [2.75, 3.05) is 13.2 Å². The molecule has 0 aliphatic heterocycles. The van der Waals surface area contributed by atoms with Gasteiger partial charge in [-0.15, -0.1) is 0 Å². The van der Waals surface area contributed by atoms with Crippen molar-refractivity contribution in [3.05, 3.63) is 64.2 Å². The molecule has 2 rings (SSSR count). The minimum atomic E-state index is -0.499. The third-order valence-corrected chi connectivity index (χ3v) is 2.99. The highest BCUT2D eigenvalue weighted by Gasteiger charge is 2.05. The quantitative estimate of drug-likeness (QED) is 0.451. The minimum absolute atomic E-state index is 0.0471. The Balaban J connectivity index is 1.80. The van der Waals surface area contributed by atoms with Crippen LogP contribution in [0.3, 0.4) is 0 Å². The monoisotopic (exact) mass is 343 g/mol. The third-order valence-electron chi connectivity index (χ3n) is 2.99. The van der Waals surface area contributed by atoms with E-state index in [-0.39, 0.29) is 12.3 Å². The van der Waals surface area contributed by atoms with Gasteiger partial charge in [-0.2, -0.15) is 5.10 Å². The Hall–Kier alpha value is -3.42. The van der Waals surface area contributed by atoms with Gasteiger partial charge in [0.25, 0.3) is 11.6 Å². The molecular weight excluding hydrogens is 326 g/mol. The first-order valence-corrected chi connectivity index (χ1v) is 7.50. The van der Waals surface area contributed by atoms with Crippen LogP contribution in [0.1, 0.15) is 12.5 Å². The van der Waals surface area contributed by atoms with Crippen LogP contribution in [0.25, 0.3) is 0 Å². The molecule has 0 saturated heterocycles. The summed E-state index contributed by atoms with van der Waals surface area (Å²) in [7, 11) is 0. The van der Waals surface area contributed by atoms with Gasteiger partial charge in [0.15, 0.2) is 6.61 Å². The first kappa shape index (κ1) is 17.9. The Kier molecular flexibility index (Phi) is 6.47. The molecule has 0 fully saturated rings. The van der Waals surface area contributed by atoms with E-state index in [9.17, 15) is 14.9 Å². The number of ether oxygens (including phenoxy) is 2. The largest absolute Gasteiger partial charge is 0.494 e. The van der Waals surface area contributed by atoms with Crippen molar-refractivity contribution >= 4 is 17.8 Å². The number of nitro groups is 1. The topological polar surface area (TPSA) is 103 Å². The van der Waals surface area contributed by atoms with Crippen molar-refractivity contribution in [3.8, 4) is 11.5 Å². The molecule has 0 aliphatic carbocycles. The van der Waals surface area contributed by atoms with E-state index in [0.717, 1.165) is 5.75 Å². The molecule has 0 radical (unpaired) electrons. The van der Waals surface area contributed by atoms with Gasteiger partial charge in [0.1, 0.15) is 11.5 Å². The Morgan fingerprint density at radius 1 is 1.20 bits per heavy atom. The summed E-state index contributed by atoms with van der Waals surface area (Å²) in [6, 6.07) is 12.8. The standard InChI is InChI=1S/C17H17N3O5/c1-2-24-15-6-8-16(9-7-15)25-12-17(21)19-18-11-13-4-3-5-14(10-13)20(22)23/h3-11H,2,12H2,1H3,(H,19,21)/b18-11-. The smallest absolute Gasteiger partial charge is 0.277 e. The van der Waals surface area contributed by atoms with Gasteiger partial charge in [0, 0.05) is 17.7 Å². The third kappa shape index (κ3) is 5.94. The number of benzene rings is 2. The molecule has 1 N–H and O–H groups in total. The summed E-state index contributed by atoms with van der Waals surface area (Å²) < 4.78 is 10.6. The highest BCUT2D eigenvalue weighted by atomic mass is 16.6. The van der Waals surface area contributed by atoms with Crippen molar-refractivity contribution in [2.24, 2.45) is 5.10 Å².